The molecule has 0 aliphatic carbocycles. The van der Waals surface area contributed by atoms with E-state index in [0.717, 1.165) is 16.7 Å². The zero-order valence-electron chi connectivity index (χ0n) is 12.8. The molecule has 0 fully saturated rings. The zero-order valence-corrected chi connectivity index (χ0v) is 12.8. The largest absolute Gasteiger partial charge is 0.289 e. The third-order valence-electron chi connectivity index (χ3n) is 3.47. The van der Waals surface area contributed by atoms with E-state index in [1.54, 1.807) is 18.2 Å². The maximum absolute atomic E-state index is 12.4. The van der Waals surface area contributed by atoms with Crippen LogP contribution in [0.15, 0.2) is 42.5 Å². The van der Waals surface area contributed by atoms with Gasteiger partial charge >= 0.3 is 0 Å². The van der Waals surface area contributed by atoms with Crippen molar-refractivity contribution in [2.75, 3.05) is 0 Å². The van der Waals surface area contributed by atoms with Gasteiger partial charge in [-0.25, -0.2) is 0 Å². The number of allylic oxidation sites excluding steroid dienone is 1. The van der Waals surface area contributed by atoms with E-state index < -0.39 is 4.92 Å². The van der Waals surface area contributed by atoms with Gasteiger partial charge in [0, 0.05) is 11.6 Å². The van der Waals surface area contributed by atoms with Crippen molar-refractivity contribution < 1.29 is 9.72 Å². The normalized spacial score (nSPS) is 10.9. The van der Waals surface area contributed by atoms with Crippen molar-refractivity contribution in [2.24, 2.45) is 0 Å². The summed E-state index contributed by atoms with van der Waals surface area (Å²) in [5, 5.41) is 11.0. The van der Waals surface area contributed by atoms with Crippen molar-refractivity contribution in [1.29, 1.82) is 0 Å². The molecule has 0 heterocycles. The third-order valence-corrected chi connectivity index (χ3v) is 3.47. The SMILES string of the molecule is Cc1cc(C)c(C(=O)/C=C/c2ccccc2[N+](=O)[O-])c(C)c1. The minimum absolute atomic E-state index is 0.0103. The molecule has 0 radical (unpaired) electrons. The van der Waals surface area contributed by atoms with Gasteiger partial charge in [0.1, 0.15) is 0 Å². The van der Waals surface area contributed by atoms with Crippen LogP contribution in [0.5, 0.6) is 0 Å². The number of carbonyl (C=O) groups is 1. The average molecular weight is 295 g/mol. The fraction of sp³-hybridized carbons (Fsp3) is 0.167. The van der Waals surface area contributed by atoms with Crippen molar-refractivity contribution in [2.45, 2.75) is 20.8 Å². The quantitative estimate of drug-likeness (QED) is 0.363. The van der Waals surface area contributed by atoms with E-state index in [2.05, 4.69) is 0 Å². The smallest absolute Gasteiger partial charge is 0.276 e. The number of nitrogens with zero attached hydrogens (tertiary/aromatic N) is 1. The minimum Gasteiger partial charge on any atom is -0.289 e. The summed E-state index contributed by atoms with van der Waals surface area (Å²) in [6, 6.07) is 10.3. The van der Waals surface area contributed by atoms with Crippen LogP contribution >= 0.6 is 0 Å². The van der Waals surface area contributed by atoms with Crippen molar-refractivity contribution in [3.05, 3.63) is 80.4 Å². The summed E-state index contributed by atoms with van der Waals surface area (Å²) in [6.45, 7) is 5.77. The molecule has 4 nitrogen and oxygen atoms in total. The molecule has 4 heteroatoms. The van der Waals surface area contributed by atoms with Crippen LogP contribution in [0.3, 0.4) is 0 Å². The molecule has 0 aliphatic rings. The average Bonchev–Trinajstić information content (AvgIpc) is 2.44. The fourth-order valence-corrected chi connectivity index (χ4v) is 2.61. The maximum atomic E-state index is 12.4. The highest BCUT2D eigenvalue weighted by molar-refractivity contribution is 6.09. The number of benzene rings is 2. The van der Waals surface area contributed by atoms with Gasteiger partial charge in [-0.05, 0) is 50.1 Å². The van der Waals surface area contributed by atoms with Crippen LogP contribution in [0.1, 0.15) is 32.6 Å². The van der Waals surface area contributed by atoms with Crippen molar-refractivity contribution in [3.63, 3.8) is 0 Å². The lowest BCUT2D eigenvalue weighted by Crippen LogP contribution is -2.02. The molecule has 0 saturated carbocycles. The predicted molar refractivity (Wildman–Crippen MR) is 87.1 cm³/mol. The number of rotatable bonds is 4. The monoisotopic (exact) mass is 295 g/mol. The van der Waals surface area contributed by atoms with Crippen LogP contribution in [0.4, 0.5) is 5.69 Å². The molecule has 0 saturated heterocycles. The summed E-state index contributed by atoms with van der Waals surface area (Å²) in [6.07, 6.45) is 2.90. The molecule has 2 rings (SSSR count). The van der Waals surface area contributed by atoms with Crippen LogP contribution in [0, 0.1) is 30.9 Å². The first-order chi connectivity index (χ1) is 10.4. The number of carbonyl (C=O) groups excluding carboxylic acids is 1. The van der Waals surface area contributed by atoms with Gasteiger partial charge in [-0.15, -0.1) is 0 Å². The van der Waals surface area contributed by atoms with E-state index >= 15 is 0 Å². The van der Waals surface area contributed by atoms with Crippen LogP contribution in [-0.2, 0) is 0 Å². The Hall–Kier alpha value is -2.75. The summed E-state index contributed by atoms with van der Waals surface area (Å²) in [4.78, 5) is 22.9. The van der Waals surface area contributed by atoms with Gasteiger partial charge < -0.3 is 0 Å². The van der Waals surface area contributed by atoms with Crippen LogP contribution in [-0.4, -0.2) is 10.7 Å². The first-order valence-electron chi connectivity index (χ1n) is 6.94. The Balaban J connectivity index is 2.36. The van der Waals surface area contributed by atoms with Crippen LogP contribution in [0.25, 0.3) is 6.08 Å². The number of para-hydroxylation sites is 1. The summed E-state index contributed by atoms with van der Waals surface area (Å²) >= 11 is 0. The molecule has 0 atom stereocenters. The van der Waals surface area contributed by atoms with Gasteiger partial charge in [0.05, 0.1) is 10.5 Å². The minimum atomic E-state index is -0.452. The van der Waals surface area contributed by atoms with Gasteiger partial charge in [-0.2, -0.15) is 0 Å². The Morgan fingerprint density at radius 2 is 1.68 bits per heavy atom. The molecule has 0 unspecified atom stereocenters. The molecule has 2 aromatic carbocycles. The summed E-state index contributed by atoms with van der Waals surface area (Å²) < 4.78 is 0. The van der Waals surface area contributed by atoms with E-state index in [9.17, 15) is 14.9 Å². The number of hydrogen-bond acceptors (Lipinski definition) is 3. The Bertz CT molecular complexity index is 753. The molecule has 22 heavy (non-hydrogen) atoms. The molecule has 0 aliphatic heterocycles. The number of ketones is 1. The second-order valence-corrected chi connectivity index (χ2v) is 5.29. The first-order valence-corrected chi connectivity index (χ1v) is 6.94. The number of hydrogen-bond donors (Lipinski definition) is 0. The lowest BCUT2D eigenvalue weighted by molar-refractivity contribution is -0.385. The lowest BCUT2D eigenvalue weighted by atomic mass is 9.96. The highest BCUT2D eigenvalue weighted by atomic mass is 16.6. The topological polar surface area (TPSA) is 60.2 Å². The number of nitro benzene ring substituents is 1. The van der Waals surface area contributed by atoms with Gasteiger partial charge in [0.2, 0.25) is 0 Å². The second kappa shape index (κ2) is 6.35. The molecular formula is C18H17NO3. The van der Waals surface area contributed by atoms with Crippen LogP contribution in [0.2, 0.25) is 0 Å². The Kier molecular flexibility index (Phi) is 4.51. The van der Waals surface area contributed by atoms with E-state index in [1.165, 1.54) is 18.2 Å². The third kappa shape index (κ3) is 3.28. The van der Waals surface area contributed by atoms with E-state index in [0.29, 0.717) is 11.1 Å². The molecule has 0 aromatic heterocycles. The molecule has 0 bridgehead atoms. The standard InChI is InChI=1S/C18H17NO3/c1-12-10-13(2)18(14(3)11-12)17(20)9-8-15-6-4-5-7-16(15)19(21)22/h4-11H,1-3H3/b9-8+. The summed E-state index contributed by atoms with van der Waals surface area (Å²) in [7, 11) is 0. The molecule has 0 N–H and O–H groups in total. The molecular weight excluding hydrogens is 278 g/mol. The first kappa shape index (κ1) is 15.6. The highest BCUT2D eigenvalue weighted by Crippen LogP contribution is 2.21. The second-order valence-electron chi connectivity index (χ2n) is 5.29. The Morgan fingerprint density at radius 3 is 2.27 bits per heavy atom. The molecule has 2 aromatic rings. The summed E-state index contributed by atoms with van der Waals surface area (Å²) in [5.41, 5.74) is 3.99. The molecule has 0 spiro atoms. The highest BCUT2D eigenvalue weighted by Gasteiger charge is 2.12. The van der Waals surface area contributed by atoms with Crippen LogP contribution < -0.4 is 0 Å². The van der Waals surface area contributed by atoms with Crippen molar-refractivity contribution >= 4 is 17.5 Å². The zero-order chi connectivity index (χ0) is 16.3. The predicted octanol–water partition coefficient (Wildman–Crippen LogP) is 4.42. The molecule has 112 valence electrons. The van der Waals surface area contributed by atoms with Crippen molar-refractivity contribution in [1.82, 2.24) is 0 Å². The van der Waals surface area contributed by atoms with E-state index in [-0.39, 0.29) is 11.5 Å². The Labute approximate surface area is 129 Å². The molecule has 0 amide bonds. The summed E-state index contributed by atoms with van der Waals surface area (Å²) in [5.74, 6) is -0.145. The van der Waals surface area contributed by atoms with Gasteiger partial charge in [0.15, 0.2) is 5.78 Å². The van der Waals surface area contributed by atoms with Gasteiger partial charge in [-0.3, -0.25) is 14.9 Å². The van der Waals surface area contributed by atoms with E-state index in [4.69, 9.17) is 0 Å². The van der Waals surface area contributed by atoms with E-state index in [1.807, 2.05) is 32.9 Å². The number of aryl methyl sites for hydroxylation is 3. The van der Waals surface area contributed by atoms with Gasteiger partial charge in [0.25, 0.3) is 5.69 Å². The lowest BCUT2D eigenvalue weighted by Gasteiger charge is -2.08. The van der Waals surface area contributed by atoms with Gasteiger partial charge in [-0.1, -0.05) is 29.8 Å². The number of nitro groups is 1. The maximum Gasteiger partial charge on any atom is 0.276 e. The Morgan fingerprint density at radius 1 is 1.09 bits per heavy atom. The van der Waals surface area contributed by atoms with Crippen molar-refractivity contribution in [3.8, 4) is 0 Å². The fourth-order valence-electron chi connectivity index (χ4n) is 2.61.